The highest BCUT2D eigenvalue weighted by atomic mass is 16.3. The Morgan fingerprint density at radius 3 is 2.71 bits per heavy atom. The fourth-order valence-electron chi connectivity index (χ4n) is 2.46. The van der Waals surface area contributed by atoms with Crippen LogP contribution in [0, 0.1) is 5.41 Å². The number of hydrogen-bond donors (Lipinski definition) is 1. The Bertz CT molecular complexity index is 300. The maximum Gasteiger partial charge on any atom is 0.0630 e. The first kappa shape index (κ1) is 9.71. The van der Waals surface area contributed by atoms with Gasteiger partial charge in [-0.3, -0.25) is 4.68 Å². The van der Waals surface area contributed by atoms with Gasteiger partial charge in [-0.25, -0.2) is 0 Å². The summed E-state index contributed by atoms with van der Waals surface area (Å²) in [5.41, 5.74) is 1.25. The van der Waals surface area contributed by atoms with Crippen molar-refractivity contribution in [3.8, 4) is 0 Å². The molecule has 1 aromatic rings. The van der Waals surface area contributed by atoms with Crippen LogP contribution in [0.25, 0.3) is 0 Å². The Kier molecular flexibility index (Phi) is 2.59. The van der Waals surface area contributed by atoms with E-state index in [-0.39, 0.29) is 5.41 Å². The molecule has 1 fully saturated rings. The highest BCUT2D eigenvalue weighted by Crippen LogP contribution is 2.40. The van der Waals surface area contributed by atoms with Crippen molar-refractivity contribution in [2.45, 2.75) is 32.1 Å². The van der Waals surface area contributed by atoms with Crippen LogP contribution in [0.2, 0.25) is 0 Å². The second-order valence-corrected chi connectivity index (χ2v) is 4.52. The molecule has 78 valence electrons. The molecule has 1 aliphatic carbocycles. The first-order chi connectivity index (χ1) is 6.74. The lowest BCUT2D eigenvalue weighted by atomic mass is 9.82. The Morgan fingerprint density at radius 1 is 1.50 bits per heavy atom. The fourth-order valence-corrected chi connectivity index (χ4v) is 2.46. The van der Waals surface area contributed by atoms with Crippen LogP contribution in [-0.2, 0) is 13.5 Å². The smallest absolute Gasteiger partial charge is 0.0630 e. The number of aliphatic hydroxyl groups is 1. The van der Waals surface area contributed by atoms with E-state index in [2.05, 4.69) is 11.2 Å². The average molecular weight is 194 g/mol. The molecule has 0 bridgehead atoms. The van der Waals surface area contributed by atoms with Gasteiger partial charge in [-0.15, -0.1) is 0 Å². The number of nitrogens with zero attached hydrogens (tertiary/aromatic N) is 2. The van der Waals surface area contributed by atoms with E-state index < -0.39 is 0 Å². The molecule has 0 saturated heterocycles. The van der Waals surface area contributed by atoms with Crippen LogP contribution >= 0.6 is 0 Å². The van der Waals surface area contributed by atoms with Gasteiger partial charge < -0.3 is 5.11 Å². The van der Waals surface area contributed by atoms with E-state index in [0.29, 0.717) is 6.61 Å². The summed E-state index contributed by atoms with van der Waals surface area (Å²) in [6.07, 6.45) is 7.72. The maximum atomic E-state index is 9.45. The number of aryl methyl sites for hydroxylation is 1. The molecule has 0 aromatic carbocycles. The molecular formula is C11H18N2O. The lowest BCUT2D eigenvalue weighted by Crippen LogP contribution is -2.24. The van der Waals surface area contributed by atoms with Crippen molar-refractivity contribution in [3.05, 3.63) is 18.0 Å². The molecule has 0 radical (unpaired) electrons. The number of aromatic nitrogens is 2. The van der Waals surface area contributed by atoms with E-state index in [1.165, 1.54) is 12.8 Å². The largest absolute Gasteiger partial charge is 0.396 e. The quantitative estimate of drug-likeness (QED) is 0.792. The molecule has 0 atom stereocenters. The van der Waals surface area contributed by atoms with Gasteiger partial charge >= 0.3 is 0 Å². The van der Waals surface area contributed by atoms with Gasteiger partial charge in [0.05, 0.1) is 5.69 Å². The van der Waals surface area contributed by atoms with Crippen molar-refractivity contribution < 1.29 is 5.11 Å². The van der Waals surface area contributed by atoms with Crippen LogP contribution in [-0.4, -0.2) is 21.5 Å². The molecule has 1 N–H and O–H groups in total. The van der Waals surface area contributed by atoms with Crippen molar-refractivity contribution in [1.29, 1.82) is 0 Å². The fraction of sp³-hybridized carbons (Fsp3) is 0.727. The molecule has 1 aliphatic rings. The van der Waals surface area contributed by atoms with Crippen molar-refractivity contribution in [2.75, 3.05) is 6.61 Å². The maximum absolute atomic E-state index is 9.45. The Balaban J connectivity index is 2.08. The third-order valence-electron chi connectivity index (χ3n) is 3.32. The lowest BCUT2D eigenvalue weighted by Gasteiger charge is -2.25. The zero-order valence-corrected chi connectivity index (χ0v) is 8.74. The monoisotopic (exact) mass is 194 g/mol. The topological polar surface area (TPSA) is 38.0 Å². The van der Waals surface area contributed by atoms with Gasteiger partial charge in [-0.2, -0.15) is 5.10 Å². The first-order valence-corrected chi connectivity index (χ1v) is 5.34. The zero-order chi connectivity index (χ0) is 10.0. The van der Waals surface area contributed by atoms with E-state index in [0.717, 1.165) is 25.0 Å². The zero-order valence-electron chi connectivity index (χ0n) is 8.74. The summed E-state index contributed by atoms with van der Waals surface area (Å²) in [6.45, 7) is 0.309. The van der Waals surface area contributed by atoms with Crippen LogP contribution in [0.1, 0.15) is 31.4 Å². The molecule has 0 aliphatic heterocycles. The predicted octanol–water partition coefficient (Wildman–Crippen LogP) is 1.52. The second kappa shape index (κ2) is 3.73. The molecule has 3 heteroatoms. The highest BCUT2D eigenvalue weighted by Gasteiger charge is 2.33. The van der Waals surface area contributed by atoms with E-state index in [9.17, 15) is 5.11 Å². The summed E-state index contributed by atoms with van der Waals surface area (Å²) >= 11 is 0. The van der Waals surface area contributed by atoms with Crippen LogP contribution in [0.5, 0.6) is 0 Å². The van der Waals surface area contributed by atoms with Gasteiger partial charge in [0.25, 0.3) is 0 Å². The predicted molar refractivity (Wildman–Crippen MR) is 54.9 cm³/mol. The van der Waals surface area contributed by atoms with Crippen LogP contribution in [0.4, 0.5) is 0 Å². The summed E-state index contributed by atoms with van der Waals surface area (Å²) in [4.78, 5) is 0. The van der Waals surface area contributed by atoms with Crippen LogP contribution in [0.3, 0.4) is 0 Å². The minimum atomic E-state index is 0.133. The summed E-state index contributed by atoms with van der Waals surface area (Å²) in [5, 5.41) is 13.8. The summed E-state index contributed by atoms with van der Waals surface area (Å²) < 4.78 is 1.83. The molecule has 1 aromatic heterocycles. The molecule has 1 heterocycles. The number of hydrogen-bond acceptors (Lipinski definition) is 2. The highest BCUT2D eigenvalue weighted by molar-refractivity contribution is 5.04. The molecule has 0 spiro atoms. The average Bonchev–Trinajstić information content (AvgIpc) is 2.77. The van der Waals surface area contributed by atoms with E-state index in [1.807, 2.05) is 17.9 Å². The Hall–Kier alpha value is -0.830. The molecule has 3 nitrogen and oxygen atoms in total. The molecular weight excluding hydrogens is 176 g/mol. The first-order valence-electron chi connectivity index (χ1n) is 5.34. The lowest BCUT2D eigenvalue weighted by molar-refractivity contribution is 0.129. The van der Waals surface area contributed by atoms with Crippen molar-refractivity contribution in [1.82, 2.24) is 9.78 Å². The third-order valence-corrected chi connectivity index (χ3v) is 3.32. The molecule has 0 amide bonds. The summed E-state index contributed by atoms with van der Waals surface area (Å²) in [5.74, 6) is 0. The van der Waals surface area contributed by atoms with Gasteiger partial charge in [-0.05, 0) is 30.7 Å². The third kappa shape index (κ3) is 1.82. The van der Waals surface area contributed by atoms with E-state index in [1.54, 1.807) is 0 Å². The minimum Gasteiger partial charge on any atom is -0.396 e. The Labute approximate surface area is 84.7 Å². The van der Waals surface area contributed by atoms with E-state index >= 15 is 0 Å². The van der Waals surface area contributed by atoms with E-state index in [4.69, 9.17) is 0 Å². The molecule has 1 saturated carbocycles. The van der Waals surface area contributed by atoms with Crippen LogP contribution < -0.4 is 0 Å². The van der Waals surface area contributed by atoms with Gasteiger partial charge in [0, 0.05) is 19.9 Å². The Morgan fingerprint density at radius 2 is 2.21 bits per heavy atom. The van der Waals surface area contributed by atoms with Gasteiger partial charge in [0.1, 0.15) is 0 Å². The van der Waals surface area contributed by atoms with Crippen LogP contribution in [0.15, 0.2) is 12.3 Å². The molecule has 2 rings (SSSR count). The second-order valence-electron chi connectivity index (χ2n) is 4.52. The van der Waals surface area contributed by atoms with Crippen molar-refractivity contribution in [2.24, 2.45) is 12.5 Å². The SMILES string of the molecule is Cn1ccc(CC2(CO)CCCC2)n1. The minimum absolute atomic E-state index is 0.133. The number of rotatable bonds is 3. The van der Waals surface area contributed by atoms with Gasteiger partial charge in [0.15, 0.2) is 0 Å². The summed E-state index contributed by atoms with van der Waals surface area (Å²) in [7, 11) is 1.93. The number of aliphatic hydroxyl groups excluding tert-OH is 1. The standard InChI is InChI=1S/C11H18N2O/c1-13-7-4-10(12-13)8-11(9-14)5-2-3-6-11/h4,7,14H,2-3,5-6,8-9H2,1H3. The molecule has 14 heavy (non-hydrogen) atoms. The van der Waals surface area contributed by atoms with Gasteiger partial charge in [0.2, 0.25) is 0 Å². The molecule has 0 unspecified atom stereocenters. The van der Waals surface area contributed by atoms with Gasteiger partial charge in [-0.1, -0.05) is 12.8 Å². The van der Waals surface area contributed by atoms with Crippen molar-refractivity contribution >= 4 is 0 Å². The van der Waals surface area contributed by atoms with Crippen molar-refractivity contribution in [3.63, 3.8) is 0 Å². The normalized spacial score (nSPS) is 20.1. The summed E-state index contributed by atoms with van der Waals surface area (Å²) in [6, 6.07) is 2.05.